The molecule has 0 radical (unpaired) electrons. The predicted octanol–water partition coefficient (Wildman–Crippen LogP) is 1.32. The number of guanidine groups is 1. The third-order valence-electron chi connectivity index (χ3n) is 2.82. The van der Waals surface area contributed by atoms with Crippen LogP contribution in [0.4, 0.5) is 4.39 Å². The lowest BCUT2D eigenvalue weighted by Gasteiger charge is -2.15. The molecule has 18 heavy (non-hydrogen) atoms. The fraction of sp³-hybridized carbons (Fsp3) is 0.462. The molecule has 1 aliphatic rings. The summed E-state index contributed by atoms with van der Waals surface area (Å²) in [6.07, 6.45) is 1.83. The number of hydrogen-bond donors (Lipinski definition) is 2. The number of rotatable bonds is 4. The van der Waals surface area contributed by atoms with Gasteiger partial charge in [0.1, 0.15) is 0 Å². The van der Waals surface area contributed by atoms with Crippen molar-refractivity contribution >= 4 is 5.96 Å². The Hall–Kier alpha value is -1.78. The number of nitrogens with zero attached hydrogens (tertiary/aromatic N) is 1. The highest BCUT2D eigenvalue weighted by atomic mass is 19.1. The summed E-state index contributed by atoms with van der Waals surface area (Å²) in [5, 5.41) is 6.38. The van der Waals surface area contributed by atoms with Crippen LogP contribution in [0.2, 0.25) is 0 Å². The summed E-state index contributed by atoms with van der Waals surface area (Å²) in [4.78, 5) is 4.31. The van der Waals surface area contributed by atoms with Gasteiger partial charge in [0.2, 0.25) is 0 Å². The van der Waals surface area contributed by atoms with Crippen molar-refractivity contribution < 1.29 is 9.13 Å². The number of nitrogens with one attached hydrogen (secondary N) is 2. The second-order valence-corrected chi connectivity index (χ2v) is 4.16. The van der Waals surface area contributed by atoms with E-state index in [0.29, 0.717) is 0 Å². The fourth-order valence-electron chi connectivity index (χ4n) is 1.84. The van der Waals surface area contributed by atoms with Gasteiger partial charge in [0, 0.05) is 19.6 Å². The Morgan fingerprint density at radius 3 is 3.06 bits per heavy atom. The molecule has 1 heterocycles. The molecule has 1 aromatic carbocycles. The first-order valence-electron chi connectivity index (χ1n) is 6.14. The van der Waals surface area contributed by atoms with Crippen molar-refractivity contribution in [1.82, 2.24) is 10.6 Å². The fourth-order valence-corrected chi connectivity index (χ4v) is 1.84. The molecule has 2 N–H and O–H groups in total. The molecule has 0 bridgehead atoms. The molecule has 0 fully saturated rings. The third-order valence-corrected chi connectivity index (χ3v) is 2.82. The van der Waals surface area contributed by atoms with Gasteiger partial charge in [0.05, 0.1) is 7.11 Å². The molecule has 0 saturated heterocycles. The Morgan fingerprint density at radius 1 is 1.50 bits per heavy atom. The van der Waals surface area contributed by atoms with E-state index in [-0.39, 0.29) is 11.6 Å². The molecule has 98 valence electrons. The molecule has 5 heteroatoms. The number of methoxy groups -OCH3 is 1. The van der Waals surface area contributed by atoms with Crippen molar-refractivity contribution in [2.45, 2.75) is 12.8 Å². The van der Waals surface area contributed by atoms with Crippen molar-refractivity contribution in [3.63, 3.8) is 0 Å². The number of aliphatic imine (C=N–C) groups is 1. The van der Waals surface area contributed by atoms with Gasteiger partial charge in [-0.15, -0.1) is 0 Å². The third kappa shape index (κ3) is 3.35. The van der Waals surface area contributed by atoms with Gasteiger partial charge in [0.15, 0.2) is 17.5 Å². The minimum Gasteiger partial charge on any atom is -0.494 e. The minimum atomic E-state index is -0.317. The summed E-state index contributed by atoms with van der Waals surface area (Å²) in [7, 11) is 1.46. The lowest BCUT2D eigenvalue weighted by molar-refractivity contribution is 0.386. The normalized spacial score (nSPS) is 14.7. The van der Waals surface area contributed by atoms with Crippen molar-refractivity contribution in [3.05, 3.63) is 29.6 Å². The van der Waals surface area contributed by atoms with Crippen LogP contribution in [-0.2, 0) is 6.42 Å². The molecule has 0 spiro atoms. The summed E-state index contributed by atoms with van der Waals surface area (Å²) in [5.41, 5.74) is 0.942. The second-order valence-electron chi connectivity index (χ2n) is 4.16. The molecule has 0 aliphatic carbocycles. The molecule has 0 amide bonds. The molecule has 2 rings (SSSR count). The molecule has 4 nitrogen and oxygen atoms in total. The van der Waals surface area contributed by atoms with E-state index in [0.717, 1.165) is 44.0 Å². The summed E-state index contributed by atoms with van der Waals surface area (Å²) in [5.74, 6) is 0.809. The van der Waals surface area contributed by atoms with Gasteiger partial charge in [-0.25, -0.2) is 4.39 Å². The van der Waals surface area contributed by atoms with E-state index in [9.17, 15) is 4.39 Å². The van der Waals surface area contributed by atoms with E-state index < -0.39 is 0 Å². The maximum atomic E-state index is 13.5. The monoisotopic (exact) mass is 251 g/mol. The van der Waals surface area contributed by atoms with Crippen molar-refractivity contribution in [3.8, 4) is 5.75 Å². The van der Waals surface area contributed by atoms with Crippen molar-refractivity contribution in [1.29, 1.82) is 0 Å². The van der Waals surface area contributed by atoms with E-state index in [1.807, 2.05) is 6.07 Å². The van der Waals surface area contributed by atoms with Crippen LogP contribution in [-0.4, -0.2) is 32.7 Å². The van der Waals surface area contributed by atoms with E-state index in [2.05, 4.69) is 15.6 Å². The van der Waals surface area contributed by atoms with Crippen LogP contribution in [0.1, 0.15) is 12.0 Å². The van der Waals surface area contributed by atoms with Crippen LogP contribution in [0.25, 0.3) is 0 Å². The zero-order valence-electron chi connectivity index (χ0n) is 10.5. The molecule has 1 aromatic rings. The van der Waals surface area contributed by atoms with Gasteiger partial charge >= 0.3 is 0 Å². The number of halogens is 1. The highest BCUT2D eigenvalue weighted by molar-refractivity contribution is 5.80. The molecule has 0 unspecified atom stereocenters. The predicted molar refractivity (Wildman–Crippen MR) is 69.6 cm³/mol. The first-order valence-corrected chi connectivity index (χ1v) is 6.14. The number of benzene rings is 1. The molecular weight excluding hydrogens is 233 g/mol. The lowest BCUT2D eigenvalue weighted by Crippen LogP contribution is -2.41. The Morgan fingerprint density at radius 2 is 2.39 bits per heavy atom. The average molecular weight is 251 g/mol. The van der Waals surface area contributed by atoms with E-state index in [1.165, 1.54) is 13.2 Å². The molecule has 0 aromatic heterocycles. The maximum absolute atomic E-state index is 13.5. The average Bonchev–Trinajstić information content (AvgIpc) is 2.40. The summed E-state index contributed by atoms with van der Waals surface area (Å²) >= 11 is 0. The van der Waals surface area contributed by atoms with Gasteiger partial charge in [-0.3, -0.25) is 4.99 Å². The lowest BCUT2D eigenvalue weighted by atomic mass is 10.1. The van der Waals surface area contributed by atoms with Gasteiger partial charge in [-0.2, -0.15) is 0 Å². The quantitative estimate of drug-likeness (QED) is 0.848. The van der Waals surface area contributed by atoms with Crippen LogP contribution < -0.4 is 15.4 Å². The van der Waals surface area contributed by atoms with Crippen LogP contribution in [0.3, 0.4) is 0 Å². The smallest absolute Gasteiger partial charge is 0.191 e. The van der Waals surface area contributed by atoms with Gasteiger partial charge in [0.25, 0.3) is 0 Å². The van der Waals surface area contributed by atoms with Crippen molar-refractivity contribution in [2.75, 3.05) is 26.7 Å². The number of hydrogen-bond acceptors (Lipinski definition) is 4. The Kier molecular flexibility index (Phi) is 4.39. The highest BCUT2D eigenvalue weighted by Crippen LogP contribution is 2.17. The summed E-state index contributed by atoms with van der Waals surface area (Å²) in [6, 6.07) is 5.04. The maximum Gasteiger partial charge on any atom is 0.191 e. The van der Waals surface area contributed by atoms with Crippen molar-refractivity contribution in [2.24, 2.45) is 4.99 Å². The van der Waals surface area contributed by atoms with E-state index >= 15 is 0 Å². The second kappa shape index (κ2) is 6.23. The highest BCUT2D eigenvalue weighted by Gasteiger charge is 2.05. The minimum absolute atomic E-state index is 0.282. The standard InChI is InChI=1S/C13H18FN3O/c1-18-12-4-3-10(9-11(12)14)5-8-17-13-15-6-2-7-16-13/h3-4,9H,2,5-8H2,1H3,(H2,15,16,17). The van der Waals surface area contributed by atoms with Crippen LogP contribution in [0.15, 0.2) is 23.2 Å². The SMILES string of the molecule is COc1ccc(CCNC2=NCCCN2)cc1F. The van der Waals surface area contributed by atoms with Gasteiger partial charge in [-0.1, -0.05) is 6.07 Å². The topological polar surface area (TPSA) is 45.6 Å². The zero-order chi connectivity index (χ0) is 12.8. The molecule has 0 saturated carbocycles. The van der Waals surface area contributed by atoms with Crippen LogP contribution >= 0.6 is 0 Å². The van der Waals surface area contributed by atoms with E-state index in [1.54, 1.807) is 6.07 Å². The van der Waals surface area contributed by atoms with Crippen LogP contribution in [0.5, 0.6) is 5.75 Å². The first kappa shape index (κ1) is 12.7. The molecule has 0 atom stereocenters. The molecule has 1 aliphatic heterocycles. The first-order chi connectivity index (χ1) is 8.79. The largest absolute Gasteiger partial charge is 0.494 e. The van der Waals surface area contributed by atoms with Gasteiger partial charge in [-0.05, 0) is 30.5 Å². The van der Waals surface area contributed by atoms with E-state index in [4.69, 9.17) is 4.74 Å². The number of ether oxygens (including phenoxy) is 1. The summed E-state index contributed by atoms with van der Waals surface area (Å²) < 4.78 is 18.3. The zero-order valence-corrected chi connectivity index (χ0v) is 10.5. The Bertz CT molecular complexity index is 434. The Balaban J connectivity index is 1.83. The summed E-state index contributed by atoms with van der Waals surface area (Å²) in [6.45, 7) is 2.56. The Labute approximate surface area is 106 Å². The molecular formula is C13H18FN3O. The van der Waals surface area contributed by atoms with Gasteiger partial charge < -0.3 is 15.4 Å². The van der Waals surface area contributed by atoms with Crippen LogP contribution in [0, 0.1) is 5.82 Å².